The van der Waals surface area contributed by atoms with E-state index < -0.39 is 5.97 Å². The minimum absolute atomic E-state index is 0.0837. The Kier molecular flexibility index (Phi) is 5.42. The summed E-state index contributed by atoms with van der Waals surface area (Å²) in [6, 6.07) is 7.74. The molecule has 0 saturated heterocycles. The van der Waals surface area contributed by atoms with Crippen molar-refractivity contribution in [2.24, 2.45) is 0 Å². The molecule has 5 nitrogen and oxygen atoms in total. The minimum atomic E-state index is -0.639. The van der Waals surface area contributed by atoms with E-state index in [0.717, 1.165) is 16.8 Å². The summed E-state index contributed by atoms with van der Waals surface area (Å²) in [7, 11) is 0. The van der Waals surface area contributed by atoms with Gasteiger partial charge in [0, 0.05) is 6.20 Å². The van der Waals surface area contributed by atoms with Crippen LogP contribution in [0.25, 0.3) is 0 Å². The number of benzene rings is 1. The van der Waals surface area contributed by atoms with Gasteiger partial charge in [0.2, 0.25) is 0 Å². The third-order valence-corrected chi connectivity index (χ3v) is 2.43. The molecule has 100 valence electrons. The lowest BCUT2D eigenvalue weighted by Crippen LogP contribution is -2.18. The van der Waals surface area contributed by atoms with E-state index in [2.05, 4.69) is 10.9 Å². The lowest BCUT2D eigenvalue weighted by atomic mass is 10.1. The van der Waals surface area contributed by atoms with Crippen molar-refractivity contribution in [1.29, 1.82) is 5.26 Å². The first-order valence-corrected chi connectivity index (χ1v) is 5.94. The van der Waals surface area contributed by atoms with E-state index in [4.69, 9.17) is 10.00 Å². The molecule has 19 heavy (non-hydrogen) atoms. The van der Waals surface area contributed by atoms with E-state index in [1.54, 1.807) is 13.0 Å². The number of ether oxygens (including phenoxy) is 1. The van der Waals surface area contributed by atoms with Gasteiger partial charge >= 0.3 is 5.97 Å². The summed E-state index contributed by atoms with van der Waals surface area (Å²) in [4.78, 5) is 11.4. The summed E-state index contributed by atoms with van der Waals surface area (Å²) >= 11 is 0. The number of nitriles is 1. The summed E-state index contributed by atoms with van der Waals surface area (Å²) in [5.41, 5.74) is 8.63. The first kappa shape index (κ1) is 14.6. The number of esters is 1. The van der Waals surface area contributed by atoms with Crippen molar-refractivity contribution in [3.63, 3.8) is 0 Å². The van der Waals surface area contributed by atoms with Crippen LogP contribution in [0.3, 0.4) is 0 Å². The Balaban J connectivity index is 2.68. The number of aryl methyl sites for hydroxylation is 2. The van der Waals surface area contributed by atoms with E-state index in [-0.39, 0.29) is 12.2 Å². The van der Waals surface area contributed by atoms with Gasteiger partial charge in [-0.2, -0.15) is 5.26 Å². The van der Waals surface area contributed by atoms with E-state index in [1.807, 2.05) is 32.0 Å². The van der Waals surface area contributed by atoms with Crippen LogP contribution < -0.4 is 10.9 Å². The standard InChI is InChI=1S/C14H17N3O2/c1-4-19-14(18)12(8-15)9-16-17-13-7-10(2)5-6-11(13)3/h5-7,9,16-17H,4H2,1-3H3/b12-9+. The summed E-state index contributed by atoms with van der Waals surface area (Å²) in [5, 5.41) is 8.83. The fraction of sp³-hybridized carbons (Fsp3) is 0.286. The minimum Gasteiger partial charge on any atom is -0.462 e. The van der Waals surface area contributed by atoms with Crippen molar-refractivity contribution in [3.8, 4) is 6.07 Å². The van der Waals surface area contributed by atoms with Gasteiger partial charge in [-0.3, -0.25) is 0 Å². The summed E-state index contributed by atoms with van der Waals surface area (Å²) in [6.45, 7) is 5.88. The van der Waals surface area contributed by atoms with Crippen LogP contribution in [0.1, 0.15) is 18.1 Å². The maximum absolute atomic E-state index is 11.4. The average Bonchev–Trinajstić information content (AvgIpc) is 2.38. The van der Waals surface area contributed by atoms with Gasteiger partial charge in [-0.1, -0.05) is 12.1 Å². The van der Waals surface area contributed by atoms with Crippen LogP contribution >= 0.6 is 0 Å². The summed E-state index contributed by atoms with van der Waals surface area (Å²) < 4.78 is 4.74. The molecule has 5 heteroatoms. The normalized spacial score (nSPS) is 10.5. The van der Waals surface area contributed by atoms with Gasteiger partial charge in [0.1, 0.15) is 6.07 Å². The maximum Gasteiger partial charge on any atom is 0.350 e. The van der Waals surface area contributed by atoms with Crippen molar-refractivity contribution in [2.45, 2.75) is 20.8 Å². The topological polar surface area (TPSA) is 74.2 Å². The predicted molar refractivity (Wildman–Crippen MR) is 73.0 cm³/mol. The molecule has 0 bridgehead atoms. The highest BCUT2D eigenvalue weighted by Gasteiger charge is 2.08. The largest absolute Gasteiger partial charge is 0.462 e. The van der Waals surface area contributed by atoms with E-state index in [0.29, 0.717) is 0 Å². The highest BCUT2D eigenvalue weighted by Crippen LogP contribution is 2.15. The molecule has 0 fully saturated rings. The van der Waals surface area contributed by atoms with E-state index in [1.165, 1.54) is 6.20 Å². The molecule has 0 atom stereocenters. The second-order valence-electron chi connectivity index (χ2n) is 3.98. The van der Waals surface area contributed by atoms with Gasteiger partial charge in [0.15, 0.2) is 5.57 Å². The maximum atomic E-state index is 11.4. The zero-order valence-corrected chi connectivity index (χ0v) is 11.3. The fourth-order valence-corrected chi connectivity index (χ4v) is 1.40. The highest BCUT2D eigenvalue weighted by molar-refractivity contribution is 5.92. The van der Waals surface area contributed by atoms with Crippen molar-refractivity contribution < 1.29 is 9.53 Å². The molecule has 0 spiro atoms. The number of rotatable bonds is 5. The molecule has 1 aromatic carbocycles. The third kappa shape index (κ3) is 4.36. The van der Waals surface area contributed by atoms with Crippen molar-refractivity contribution in [2.75, 3.05) is 12.0 Å². The number of hydrogen-bond acceptors (Lipinski definition) is 5. The van der Waals surface area contributed by atoms with Crippen LogP contribution in [-0.2, 0) is 9.53 Å². The molecule has 0 aliphatic heterocycles. The smallest absolute Gasteiger partial charge is 0.350 e. The molecular formula is C14H17N3O2. The van der Waals surface area contributed by atoms with Crippen LogP contribution in [0.4, 0.5) is 5.69 Å². The molecule has 0 aromatic heterocycles. The Hall–Kier alpha value is -2.48. The number of hydrogen-bond donors (Lipinski definition) is 2. The number of carbonyl (C=O) groups is 1. The van der Waals surface area contributed by atoms with Gasteiger partial charge in [0.25, 0.3) is 0 Å². The molecule has 0 heterocycles. The molecule has 0 aliphatic rings. The number of anilines is 1. The van der Waals surface area contributed by atoms with Crippen molar-refractivity contribution >= 4 is 11.7 Å². The number of nitrogens with zero attached hydrogens (tertiary/aromatic N) is 1. The van der Waals surface area contributed by atoms with E-state index in [9.17, 15) is 4.79 Å². The van der Waals surface area contributed by atoms with Gasteiger partial charge < -0.3 is 15.6 Å². The summed E-state index contributed by atoms with van der Waals surface area (Å²) in [6.07, 6.45) is 1.29. The molecule has 1 aromatic rings. The molecule has 0 amide bonds. The summed E-state index contributed by atoms with van der Waals surface area (Å²) in [5.74, 6) is -0.639. The highest BCUT2D eigenvalue weighted by atomic mass is 16.5. The molecule has 1 rings (SSSR count). The van der Waals surface area contributed by atoms with Gasteiger partial charge in [-0.05, 0) is 38.0 Å². The monoisotopic (exact) mass is 259 g/mol. The second kappa shape index (κ2) is 7.07. The Labute approximate surface area is 112 Å². The van der Waals surface area contributed by atoms with Gasteiger partial charge in [0.05, 0.1) is 12.3 Å². The zero-order chi connectivity index (χ0) is 14.3. The lowest BCUT2D eigenvalue weighted by Gasteiger charge is -2.10. The Bertz CT molecular complexity index is 530. The Morgan fingerprint density at radius 1 is 1.47 bits per heavy atom. The van der Waals surface area contributed by atoms with Gasteiger partial charge in [-0.15, -0.1) is 0 Å². The third-order valence-electron chi connectivity index (χ3n) is 2.43. The molecule has 2 N–H and O–H groups in total. The van der Waals surface area contributed by atoms with Crippen molar-refractivity contribution in [3.05, 3.63) is 41.1 Å². The first-order chi connectivity index (χ1) is 9.08. The lowest BCUT2D eigenvalue weighted by molar-refractivity contribution is -0.138. The van der Waals surface area contributed by atoms with Crippen LogP contribution in [0.2, 0.25) is 0 Å². The molecule has 0 unspecified atom stereocenters. The van der Waals surface area contributed by atoms with E-state index >= 15 is 0 Å². The first-order valence-electron chi connectivity index (χ1n) is 5.94. The van der Waals surface area contributed by atoms with Crippen LogP contribution in [0.15, 0.2) is 30.0 Å². The molecule has 0 aliphatic carbocycles. The van der Waals surface area contributed by atoms with Crippen LogP contribution in [0, 0.1) is 25.2 Å². The molecule has 0 saturated carbocycles. The number of carbonyl (C=O) groups excluding carboxylic acids is 1. The zero-order valence-electron chi connectivity index (χ0n) is 11.3. The second-order valence-corrected chi connectivity index (χ2v) is 3.98. The van der Waals surface area contributed by atoms with Crippen LogP contribution in [0.5, 0.6) is 0 Å². The molecule has 0 radical (unpaired) electrons. The Morgan fingerprint density at radius 3 is 2.84 bits per heavy atom. The Morgan fingerprint density at radius 2 is 2.21 bits per heavy atom. The van der Waals surface area contributed by atoms with Crippen LogP contribution in [-0.4, -0.2) is 12.6 Å². The number of hydrazine groups is 1. The fourth-order valence-electron chi connectivity index (χ4n) is 1.40. The predicted octanol–water partition coefficient (Wildman–Crippen LogP) is 2.19. The van der Waals surface area contributed by atoms with Crippen molar-refractivity contribution in [1.82, 2.24) is 5.43 Å². The van der Waals surface area contributed by atoms with Gasteiger partial charge in [-0.25, -0.2) is 4.79 Å². The number of nitrogens with one attached hydrogen (secondary N) is 2. The quantitative estimate of drug-likeness (QED) is 0.367. The SMILES string of the molecule is CCOC(=O)/C(C#N)=C/NNc1cc(C)ccc1C. The average molecular weight is 259 g/mol. The molecular weight excluding hydrogens is 242 g/mol.